The molecule has 3 fully saturated rings. The fraction of sp³-hybridized carbons (Fsp3) is 1.00. The van der Waals surface area contributed by atoms with E-state index in [-0.39, 0.29) is 25.7 Å². The highest BCUT2D eigenvalue weighted by Gasteiger charge is 2.68. The van der Waals surface area contributed by atoms with E-state index in [0.29, 0.717) is 0 Å². The molecule has 0 saturated heterocycles. The molecule has 22 heavy (non-hydrogen) atoms. The van der Waals surface area contributed by atoms with E-state index in [1.54, 1.807) is 0 Å². The Kier molecular flexibility index (Phi) is 3.33. The summed E-state index contributed by atoms with van der Waals surface area (Å²) in [7, 11) is 0. The summed E-state index contributed by atoms with van der Waals surface area (Å²) in [6.07, 6.45) is -10.3. The molecule has 128 valence electrons. The van der Waals surface area contributed by atoms with Gasteiger partial charge < -0.3 is 0 Å². The first-order valence-electron chi connectivity index (χ1n) is 7.37. The molecule has 3 rings (SSSR count). The lowest BCUT2D eigenvalue weighted by Crippen LogP contribution is -2.29. The summed E-state index contributed by atoms with van der Waals surface area (Å²) < 4.78 is 103. The van der Waals surface area contributed by atoms with Crippen LogP contribution in [-0.2, 0) is 0 Å². The van der Waals surface area contributed by atoms with E-state index in [0.717, 1.165) is 0 Å². The third-order valence-corrected chi connectivity index (χ3v) is 5.50. The summed E-state index contributed by atoms with van der Waals surface area (Å²) in [5.41, 5.74) is -1.93. The van der Waals surface area contributed by atoms with Crippen molar-refractivity contribution in [1.29, 1.82) is 0 Å². The van der Waals surface area contributed by atoms with Crippen molar-refractivity contribution < 1.29 is 35.1 Å². The maximum atomic E-state index is 13.2. The highest BCUT2D eigenvalue weighted by atomic mass is 19.4. The van der Waals surface area contributed by atoms with Crippen molar-refractivity contribution in [2.75, 3.05) is 0 Å². The van der Waals surface area contributed by atoms with Crippen molar-refractivity contribution in [2.24, 2.45) is 29.1 Å². The van der Waals surface area contributed by atoms with E-state index in [9.17, 15) is 35.1 Å². The Morgan fingerprint density at radius 3 is 1.86 bits per heavy atom. The lowest BCUT2D eigenvalue weighted by molar-refractivity contribution is -0.193. The summed E-state index contributed by atoms with van der Waals surface area (Å²) >= 11 is 0. The van der Waals surface area contributed by atoms with Crippen molar-refractivity contribution in [3.05, 3.63) is 0 Å². The zero-order valence-corrected chi connectivity index (χ0v) is 11.6. The lowest BCUT2D eigenvalue weighted by atomic mass is 9.84. The maximum Gasteiger partial charge on any atom is 0.394 e. The third kappa shape index (κ3) is 2.94. The first-order valence-corrected chi connectivity index (χ1v) is 7.37. The van der Waals surface area contributed by atoms with Gasteiger partial charge >= 0.3 is 12.4 Å². The Balaban J connectivity index is 1.65. The van der Waals surface area contributed by atoms with Gasteiger partial charge in [-0.05, 0) is 43.9 Å². The fourth-order valence-corrected chi connectivity index (χ4v) is 3.69. The van der Waals surface area contributed by atoms with Crippen molar-refractivity contribution >= 4 is 0 Å². The smallest absolute Gasteiger partial charge is 0.207 e. The minimum Gasteiger partial charge on any atom is -0.207 e. The van der Waals surface area contributed by atoms with Crippen LogP contribution in [0.15, 0.2) is 0 Å². The average Bonchev–Trinajstić information content (AvgIpc) is 3.10. The molecular formula is C14H16F8. The molecule has 4 unspecified atom stereocenters. The molecule has 0 nitrogen and oxygen atoms in total. The number of halogens is 8. The monoisotopic (exact) mass is 336 g/mol. The Bertz CT molecular complexity index is 445. The number of rotatable bonds is 5. The molecular weight excluding hydrogens is 320 g/mol. The van der Waals surface area contributed by atoms with Gasteiger partial charge in [0.15, 0.2) is 0 Å². The summed E-state index contributed by atoms with van der Waals surface area (Å²) in [6, 6.07) is 0. The van der Waals surface area contributed by atoms with Gasteiger partial charge in [0.05, 0.1) is 11.3 Å². The highest BCUT2D eigenvalue weighted by molar-refractivity contribution is 5.07. The molecule has 0 amide bonds. The molecule has 0 N–H and O–H groups in total. The normalized spacial score (nSPS) is 36.8. The van der Waals surface area contributed by atoms with Gasteiger partial charge in [0.2, 0.25) is 0 Å². The standard InChI is InChI=1S/C14H16F8/c15-12(16)6-10(12)8(3-7-4-9(7)13(17,18)19)5-11(1-2-11)14(20,21)22/h7-10H,1-6H2. The van der Waals surface area contributed by atoms with Gasteiger partial charge in [-0.1, -0.05) is 0 Å². The van der Waals surface area contributed by atoms with Gasteiger partial charge in [0.25, 0.3) is 5.92 Å². The van der Waals surface area contributed by atoms with Crippen LogP contribution in [0.25, 0.3) is 0 Å². The minimum atomic E-state index is -4.46. The van der Waals surface area contributed by atoms with Crippen LogP contribution in [-0.4, -0.2) is 18.3 Å². The Labute approximate surface area is 122 Å². The zero-order chi connectivity index (χ0) is 16.6. The molecule has 3 aliphatic carbocycles. The molecule has 0 heterocycles. The van der Waals surface area contributed by atoms with Crippen LogP contribution >= 0.6 is 0 Å². The lowest BCUT2D eigenvalue weighted by Gasteiger charge is -2.25. The fourth-order valence-electron chi connectivity index (χ4n) is 3.69. The summed E-state index contributed by atoms with van der Waals surface area (Å²) in [4.78, 5) is 0. The molecule has 0 aromatic rings. The third-order valence-electron chi connectivity index (χ3n) is 5.50. The van der Waals surface area contributed by atoms with Gasteiger partial charge in [-0.25, -0.2) is 8.78 Å². The molecule has 4 atom stereocenters. The number of hydrogen-bond acceptors (Lipinski definition) is 0. The first kappa shape index (κ1) is 16.3. The first-order chi connectivity index (χ1) is 9.86. The van der Waals surface area contributed by atoms with Gasteiger partial charge in [0, 0.05) is 12.3 Å². The molecule has 3 saturated carbocycles. The van der Waals surface area contributed by atoms with Crippen molar-refractivity contribution in [2.45, 2.75) is 56.8 Å². The molecule has 0 aliphatic heterocycles. The van der Waals surface area contributed by atoms with Crippen LogP contribution in [0, 0.1) is 29.1 Å². The summed E-state index contributed by atoms with van der Waals surface area (Å²) in [6.45, 7) is 0. The van der Waals surface area contributed by atoms with Gasteiger partial charge in [-0.15, -0.1) is 0 Å². The van der Waals surface area contributed by atoms with E-state index in [1.807, 2.05) is 0 Å². The Morgan fingerprint density at radius 1 is 1.00 bits per heavy atom. The van der Waals surface area contributed by atoms with Crippen LogP contribution in [0.1, 0.15) is 38.5 Å². The average molecular weight is 336 g/mol. The minimum absolute atomic E-state index is 0.0986. The van der Waals surface area contributed by atoms with E-state index in [4.69, 9.17) is 0 Å². The summed E-state index contributed by atoms with van der Waals surface area (Å²) in [5, 5.41) is 0. The summed E-state index contributed by atoms with van der Waals surface area (Å²) in [5.74, 6) is -7.46. The predicted molar refractivity (Wildman–Crippen MR) is 61.2 cm³/mol. The van der Waals surface area contributed by atoms with Crippen LogP contribution in [0.2, 0.25) is 0 Å². The molecule has 0 aromatic heterocycles. The van der Waals surface area contributed by atoms with E-state index < -0.39 is 60.2 Å². The quantitative estimate of drug-likeness (QED) is 0.575. The molecule has 0 radical (unpaired) electrons. The predicted octanol–water partition coefficient (Wildman–Crippen LogP) is 5.58. The SMILES string of the molecule is FC(F)(F)C1CC1CC(CC1(C(F)(F)F)CC1)C1CC1(F)F. The maximum absolute atomic E-state index is 13.2. The van der Waals surface area contributed by atoms with Gasteiger partial charge in [-0.2, -0.15) is 26.3 Å². The van der Waals surface area contributed by atoms with Crippen molar-refractivity contribution in [3.63, 3.8) is 0 Å². The van der Waals surface area contributed by atoms with Crippen molar-refractivity contribution in [3.8, 4) is 0 Å². The molecule has 0 aromatic carbocycles. The Morgan fingerprint density at radius 2 is 1.55 bits per heavy atom. The zero-order valence-electron chi connectivity index (χ0n) is 11.6. The van der Waals surface area contributed by atoms with Crippen LogP contribution in [0.3, 0.4) is 0 Å². The second-order valence-corrected chi connectivity index (χ2v) is 7.19. The largest absolute Gasteiger partial charge is 0.394 e. The topological polar surface area (TPSA) is 0 Å². The van der Waals surface area contributed by atoms with Crippen molar-refractivity contribution in [1.82, 2.24) is 0 Å². The van der Waals surface area contributed by atoms with E-state index >= 15 is 0 Å². The Hall–Kier alpha value is -0.560. The molecule has 0 spiro atoms. The second-order valence-electron chi connectivity index (χ2n) is 7.19. The van der Waals surface area contributed by atoms with Gasteiger partial charge in [-0.3, -0.25) is 0 Å². The highest BCUT2D eigenvalue weighted by Crippen LogP contribution is 2.67. The second kappa shape index (κ2) is 4.50. The molecule has 8 heteroatoms. The van der Waals surface area contributed by atoms with Crippen LogP contribution in [0.5, 0.6) is 0 Å². The molecule has 0 bridgehead atoms. The number of hydrogen-bond donors (Lipinski definition) is 0. The number of alkyl halides is 8. The van der Waals surface area contributed by atoms with Crippen LogP contribution in [0.4, 0.5) is 35.1 Å². The van der Waals surface area contributed by atoms with E-state index in [1.165, 1.54) is 0 Å². The molecule has 3 aliphatic rings. The van der Waals surface area contributed by atoms with Gasteiger partial charge in [0.1, 0.15) is 0 Å². The van der Waals surface area contributed by atoms with Crippen LogP contribution < -0.4 is 0 Å². The van der Waals surface area contributed by atoms with E-state index in [2.05, 4.69) is 0 Å².